The Morgan fingerprint density at radius 3 is 2.69 bits per heavy atom. The topological polar surface area (TPSA) is 103 Å². The normalized spacial score (nSPS) is 17.0. The Morgan fingerprint density at radius 1 is 1.22 bits per heavy atom. The summed E-state index contributed by atoms with van der Waals surface area (Å²) in [6, 6.07) is 9.61. The molecule has 3 aromatic rings. The predicted octanol–water partition coefficient (Wildman–Crippen LogP) is 1.18. The van der Waals surface area contributed by atoms with E-state index in [2.05, 4.69) is 32.0 Å². The second-order valence-corrected chi connectivity index (χ2v) is 8.12. The van der Waals surface area contributed by atoms with Crippen LogP contribution in [0.1, 0.15) is 29.9 Å². The maximum absolute atomic E-state index is 12.5. The number of piperazine rings is 1. The van der Waals surface area contributed by atoms with Gasteiger partial charge in [-0.3, -0.25) is 19.1 Å². The summed E-state index contributed by atoms with van der Waals surface area (Å²) >= 11 is 0. The van der Waals surface area contributed by atoms with Crippen LogP contribution in [0.2, 0.25) is 0 Å². The first-order valence-corrected chi connectivity index (χ1v) is 10.8. The molecule has 0 bridgehead atoms. The molecule has 1 aliphatic heterocycles. The van der Waals surface area contributed by atoms with Gasteiger partial charge < -0.3 is 15.2 Å². The number of H-pyrrole nitrogens is 1. The lowest BCUT2D eigenvalue weighted by atomic mass is 10.1. The van der Waals surface area contributed by atoms with Crippen LogP contribution in [0.4, 0.5) is 5.69 Å². The van der Waals surface area contributed by atoms with Gasteiger partial charge in [0, 0.05) is 45.8 Å². The molecule has 2 N–H and O–H groups in total. The number of carbonyl (C=O) groups is 1. The first-order chi connectivity index (χ1) is 15.4. The Kier molecular flexibility index (Phi) is 6.09. The molecule has 2 aromatic heterocycles. The molecule has 9 nitrogen and oxygen atoms in total. The molecule has 9 heteroatoms. The molecule has 3 heterocycles. The van der Waals surface area contributed by atoms with Crippen molar-refractivity contribution in [3.63, 3.8) is 0 Å². The molecule has 0 radical (unpaired) electrons. The van der Waals surface area contributed by atoms with Crippen molar-refractivity contribution in [3.05, 3.63) is 68.6 Å². The molecule has 0 aliphatic carbocycles. The molecule has 0 spiro atoms. The van der Waals surface area contributed by atoms with Crippen molar-refractivity contribution in [2.45, 2.75) is 33.0 Å². The largest absolute Gasteiger partial charge is 0.365 e. The Bertz CT molecular complexity index is 1250. The van der Waals surface area contributed by atoms with E-state index in [9.17, 15) is 14.4 Å². The number of hydrogen-bond acceptors (Lipinski definition) is 6. The highest BCUT2D eigenvalue weighted by Crippen LogP contribution is 2.21. The fourth-order valence-electron chi connectivity index (χ4n) is 4.32. The molecule has 1 saturated heterocycles. The number of aromatic amines is 1. The van der Waals surface area contributed by atoms with Gasteiger partial charge in [0.05, 0.1) is 22.8 Å². The molecule has 0 unspecified atom stereocenters. The first-order valence-electron chi connectivity index (χ1n) is 10.8. The molecule has 168 valence electrons. The van der Waals surface area contributed by atoms with E-state index in [0.29, 0.717) is 23.1 Å². The number of anilines is 1. The van der Waals surface area contributed by atoms with Gasteiger partial charge in [0.25, 0.3) is 11.5 Å². The fraction of sp³-hybridized carbons (Fsp3) is 0.391. The number of pyridine rings is 1. The third-order valence-electron chi connectivity index (χ3n) is 6.02. The molecule has 1 amide bonds. The summed E-state index contributed by atoms with van der Waals surface area (Å²) in [5.74, 6) is -0.195. The quantitative estimate of drug-likeness (QED) is 0.623. The summed E-state index contributed by atoms with van der Waals surface area (Å²) in [6.45, 7) is 7.61. The minimum absolute atomic E-state index is 0.195. The Morgan fingerprint density at radius 2 is 2.03 bits per heavy atom. The van der Waals surface area contributed by atoms with Crippen molar-refractivity contribution in [1.82, 2.24) is 24.8 Å². The van der Waals surface area contributed by atoms with E-state index in [4.69, 9.17) is 0 Å². The Balaban J connectivity index is 1.46. The highest BCUT2D eigenvalue weighted by molar-refractivity contribution is 5.92. The van der Waals surface area contributed by atoms with Gasteiger partial charge in [0.15, 0.2) is 0 Å². The van der Waals surface area contributed by atoms with Crippen molar-refractivity contribution in [3.8, 4) is 0 Å². The van der Waals surface area contributed by atoms with Crippen molar-refractivity contribution in [2.24, 2.45) is 0 Å². The lowest BCUT2D eigenvalue weighted by molar-refractivity contribution is 0.0958. The Labute approximate surface area is 185 Å². The van der Waals surface area contributed by atoms with Crippen LogP contribution in [-0.2, 0) is 13.1 Å². The summed E-state index contributed by atoms with van der Waals surface area (Å²) in [6.07, 6.45) is 1.75. The minimum Gasteiger partial charge on any atom is -0.365 e. The van der Waals surface area contributed by atoms with Crippen molar-refractivity contribution < 1.29 is 4.79 Å². The van der Waals surface area contributed by atoms with Crippen LogP contribution in [0.25, 0.3) is 10.9 Å². The van der Waals surface area contributed by atoms with Crippen LogP contribution in [-0.4, -0.2) is 58.1 Å². The van der Waals surface area contributed by atoms with E-state index in [1.54, 1.807) is 32.3 Å². The Hall–Kier alpha value is -3.46. The van der Waals surface area contributed by atoms with Gasteiger partial charge in [0.2, 0.25) is 0 Å². The number of benzene rings is 1. The molecule has 1 atom stereocenters. The molecular weight excluding hydrogens is 408 g/mol. The predicted molar refractivity (Wildman–Crippen MR) is 124 cm³/mol. The van der Waals surface area contributed by atoms with Crippen LogP contribution >= 0.6 is 0 Å². The molecule has 32 heavy (non-hydrogen) atoms. The van der Waals surface area contributed by atoms with Crippen molar-refractivity contribution >= 4 is 22.5 Å². The molecular formula is C23H28N6O3. The SMILES string of the molecule is CCn1c(=O)[nH]c2cc(CN3CCN(c4ccc(C(=O)NC)nc4)[C@H](C)C3)ccc2c1=O. The van der Waals surface area contributed by atoms with E-state index < -0.39 is 0 Å². The van der Waals surface area contributed by atoms with Gasteiger partial charge in [-0.2, -0.15) is 0 Å². The first kappa shape index (κ1) is 21.8. The zero-order valence-electron chi connectivity index (χ0n) is 18.6. The minimum atomic E-state index is -0.375. The zero-order valence-corrected chi connectivity index (χ0v) is 18.6. The number of carbonyl (C=O) groups excluding carboxylic acids is 1. The lowest BCUT2D eigenvalue weighted by Crippen LogP contribution is -2.51. The monoisotopic (exact) mass is 436 g/mol. The summed E-state index contributed by atoms with van der Waals surface area (Å²) in [5, 5.41) is 3.11. The van der Waals surface area contributed by atoms with E-state index >= 15 is 0 Å². The smallest absolute Gasteiger partial charge is 0.328 e. The number of hydrogen-bond donors (Lipinski definition) is 2. The number of nitrogens with one attached hydrogen (secondary N) is 2. The van der Waals surface area contributed by atoms with Gasteiger partial charge in [-0.25, -0.2) is 9.78 Å². The summed E-state index contributed by atoms with van der Waals surface area (Å²) in [5.41, 5.74) is 2.41. The van der Waals surface area contributed by atoms with E-state index in [0.717, 1.165) is 37.4 Å². The summed E-state index contributed by atoms with van der Waals surface area (Å²) < 4.78 is 1.21. The summed E-state index contributed by atoms with van der Waals surface area (Å²) in [4.78, 5) is 48.1. The highest BCUT2D eigenvalue weighted by Gasteiger charge is 2.24. The zero-order chi connectivity index (χ0) is 22.8. The number of aromatic nitrogens is 3. The fourth-order valence-corrected chi connectivity index (χ4v) is 4.32. The molecule has 1 aromatic carbocycles. The number of nitrogens with zero attached hydrogens (tertiary/aromatic N) is 4. The second kappa shape index (κ2) is 8.96. The second-order valence-electron chi connectivity index (χ2n) is 8.12. The number of rotatable bonds is 5. The lowest BCUT2D eigenvalue weighted by Gasteiger charge is -2.41. The molecule has 4 rings (SSSR count). The third kappa shape index (κ3) is 4.16. The molecule has 1 fully saturated rings. The van der Waals surface area contributed by atoms with Crippen LogP contribution < -0.4 is 21.5 Å². The average Bonchev–Trinajstić information content (AvgIpc) is 2.79. The van der Waals surface area contributed by atoms with E-state index in [1.165, 1.54) is 4.57 Å². The van der Waals surface area contributed by atoms with Gasteiger partial charge in [-0.1, -0.05) is 6.07 Å². The van der Waals surface area contributed by atoms with Gasteiger partial charge >= 0.3 is 5.69 Å². The third-order valence-corrected chi connectivity index (χ3v) is 6.02. The maximum Gasteiger partial charge on any atom is 0.328 e. The van der Waals surface area contributed by atoms with E-state index in [1.807, 2.05) is 18.2 Å². The maximum atomic E-state index is 12.5. The average molecular weight is 437 g/mol. The number of fused-ring (bicyclic) bond motifs is 1. The highest BCUT2D eigenvalue weighted by atomic mass is 16.2. The molecule has 0 saturated carbocycles. The van der Waals surface area contributed by atoms with Crippen LogP contribution in [0.5, 0.6) is 0 Å². The standard InChI is InChI=1S/C23H28N6O3/c1-4-28-22(31)18-7-5-16(11-20(18)26-23(28)32)14-27-9-10-29(15(2)13-27)17-6-8-19(25-12-17)21(30)24-3/h5-8,11-12,15H,4,9-10,13-14H2,1-3H3,(H,24,30)(H,26,32)/t15-/m1/s1. The van der Waals surface area contributed by atoms with Crippen LogP contribution in [0.3, 0.4) is 0 Å². The van der Waals surface area contributed by atoms with Crippen molar-refractivity contribution in [2.75, 3.05) is 31.6 Å². The van der Waals surface area contributed by atoms with Crippen LogP contribution in [0, 0.1) is 0 Å². The van der Waals surface area contributed by atoms with Gasteiger partial charge in [0.1, 0.15) is 5.69 Å². The van der Waals surface area contributed by atoms with Gasteiger partial charge in [-0.15, -0.1) is 0 Å². The number of amides is 1. The van der Waals surface area contributed by atoms with Crippen molar-refractivity contribution in [1.29, 1.82) is 0 Å². The molecule has 1 aliphatic rings. The summed E-state index contributed by atoms with van der Waals surface area (Å²) in [7, 11) is 1.59. The van der Waals surface area contributed by atoms with Crippen LogP contribution in [0.15, 0.2) is 46.1 Å². The van der Waals surface area contributed by atoms with E-state index in [-0.39, 0.29) is 23.2 Å². The van der Waals surface area contributed by atoms with Gasteiger partial charge in [-0.05, 0) is 43.7 Å².